The molecule has 3 N–H and O–H groups in total. The number of nitrogens with one attached hydrogen (secondary N) is 1. The van der Waals surface area contributed by atoms with E-state index in [-0.39, 0.29) is 5.84 Å². The normalized spacial score (nSPS) is 9.30. The quantitative estimate of drug-likeness (QED) is 0.343. The molecule has 0 radical (unpaired) electrons. The molecule has 0 aromatic rings. The van der Waals surface area contributed by atoms with Gasteiger partial charge in [0.15, 0.2) is 0 Å². The second-order valence-electron chi connectivity index (χ2n) is 2.56. The summed E-state index contributed by atoms with van der Waals surface area (Å²) in [5.41, 5.74) is 6.27. The van der Waals surface area contributed by atoms with Crippen molar-refractivity contribution in [2.45, 2.75) is 32.6 Å². The molecular weight excluding hydrogens is 124 g/mol. The summed E-state index contributed by atoms with van der Waals surface area (Å²) in [5, 5.41) is 6.98. The highest BCUT2D eigenvalue weighted by Gasteiger charge is 1.94. The molecule has 0 heterocycles. The van der Waals surface area contributed by atoms with Gasteiger partial charge in [-0.2, -0.15) is 0 Å². The zero-order valence-electron chi connectivity index (χ0n) is 6.61. The first-order valence-corrected chi connectivity index (χ1v) is 3.66. The largest absolute Gasteiger partial charge is 0.387 e. The summed E-state index contributed by atoms with van der Waals surface area (Å²) in [4.78, 5) is 0. The minimum Gasteiger partial charge on any atom is -0.387 e. The summed E-state index contributed by atoms with van der Waals surface area (Å²) in [6.07, 6.45) is 3.92. The van der Waals surface area contributed by atoms with Gasteiger partial charge in [0.2, 0.25) is 0 Å². The first-order chi connectivity index (χ1) is 4.66. The molecule has 0 unspecified atom stereocenters. The molecule has 0 saturated carbocycles. The van der Waals surface area contributed by atoms with Crippen molar-refractivity contribution in [2.24, 2.45) is 5.73 Å². The van der Waals surface area contributed by atoms with Gasteiger partial charge in [-0.3, -0.25) is 5.41 Å². The van der Waals surface area contributed by atoms with Gasteiger partial charge in [-0.1, -0.05) is 25.5 Å². The maximum atomic E-state index is 6.98. The Balaban J connectivity index is 3.35. The predicted molar refractivity (Wildman–Crippen MR) is 45.2 cm³/mol. The Hall–Kier alpha value is -0.790. The van der Waals surface area contributed by atoms with E-state index in [1.807, 2.05) is 0 Å². The maximum Gasteiger partial charge on any atom is 0.0946 e. The average Bonchev–Trinajstić information content (AvgIpc) is 1.82. The van der Waals surface area contributed by atoms with E-state index < -0.39 is 0 Å². The number of rotatable bonds is 5. The summed E-state index contributed by atoms with van der Waals surface area (Å²) < 4.78 is 0. The Bertz CT molecular complexity index is 127. The predicted octanol–water partition coefficient (Wildman–Crippen LogP) is 2.06. The Morgan fingerprint density at radius 1 is 1.60 bits per heavy atom. The highest BCUT2D eigenvalue weighted by molar-refractivity contribution is 5.79. The Kier molecular flexibility index (Phi) is 4.63. The lowest BCUT2D eigenvalue weighted by molar-refractivity contribution is 0.780. The number of hydrogen-bond acceptors (Lipinski definition) is 1. The molecule has 0 amide bonds. The molecule has 0 aromatic carbocycles. The van der Waals surface area contributed by atoms with Gasteiger partial charge in [0, 0.05) is 6.42 Å². The lowest BCUT2D eigenvalue weighted by Crippen LogP contribution is -2.09. The average molecular weight is 140 g/mol. The van der Waals surface area contributed by atoms with Crippen LogP contribution in [0.4, 0.5) is 0 Å². The number of hydrogen-bond donors (Lipinski definition) is 2. The summed E-state index contributed by atoms with van der Waals surface area (Å²) >= 11 is 0. The van der Waals surface area contributed by atoms with Crippen molar-refractivity contribution < 1.29 is 0 Å². The summed E-state index contributed by atoms with van der Waals surface area (Å²) in [6.45, 7) is 5.95. The molecule has 0 rings (SSSR count). The van der Waals surface area contributed by atoms with Crippen molar-refractivity contribution >= 4 is 5.84 Å². The van der Waals surface area contributed by atoms with E-state index in [1.54, 1.807) is 0 Å². The third-order valence-electron chi connectivity index (χ3n) is 1.32. The van der Waals surface area contributed by atoms with E-state index >= 15 is 0 Å². The van der Waals surface area contributed by atoms with Gasteiger partial charge in [0.1, 0.15) is 0 Å². The fourth-order valence-electron chi connectivity index (χ4n) is 0.785. The number of amidine groups is 1. The molecule has 2 heteroatoms. The third kappa shape index (κ3) is 5.35. The molecular formula is C8H16N2. The summed E-state index contributed by atoms with van der Waals surface area (Å²) in [5.74, 6) is 0.223. The minimum atomic E-state index is 0.223. The van der Waals surface area contributed by atoms with Crippen LogP contribution >= 0.6 is 0 Å². The van der Waals surface area contributed by atoms with Crippen molar-refractivity contribution in [1.29, 1.82) is 5.41 Å². The second-order valence-corrected chi connectivity index (χ2v) is 2.56. The van der Waals surface area contributed by atoms with Crippen LogP contribution in [0.5, 0.6) is 0 Å². The van der Waals surface area contributed by atoms with E-state index in [0.29, 0.717) is 6.42 Å². The Labute approximate surface area is 62.6 Å². The number of nitrogens with two attached hydrogens (primary N) is 1. The van der Waals surface area contributed by atoms with Gasteiger partial charge in [-0.15, -0.1) is 0 Å². The highest BCUT2D eigenvalue weighted by Crippen LogP contribution is 2.07. The second kappa shape index (κ2) is 5.03. The first kappa shape index (κ1) is 9.21. The van der Waals surface area contributed by atoms with Crippen molar-refractivity contribution in [2.75, 3.05) is 0 Å². The van der Waals surface area contributed by atoms with Gasteiger partial charge in [-0.25, -0.2) is 0 Å². The molecule has 0 spiro atoms. The third-order valence-corrected chi connectivity index (χ3v) is 1.32. The van der Waals surface area contributed by atoms with Crippen LogP contribution in [-0.2, 0) is 0 Å². The molecule has 0 aliphatic rings. The van der Waals surface area contributed by atoms with Gasteiger partial charge in [-0.05, 0) is 12.8 Å². The minimum absolute atomic E-state index is 0.223. The van der Waals surface area contributed by atoms with Gasteiger partial charge < -0.3 is 5.73 Å². The summed E-state index contributed by atoms with van der Waals surface area (Å²) in [7, 11) is 0. The van der Waals surface area contributed by atoms with E-state index in [9.17, 15) is 0 Å². The van der Waals surface area contributed by atoms with Crippen molar-refractivity contribution in [1.82, 2.24) is 0 Å². The summed E-state index contributed by atoms with van der Waals surface area (Å²) in [6, 6.07) is 0. The zero-order chi connectivity index (χ0) is 7.98. The Morgan fingerprint density at radius 3 is 2.60 bits per heavy atom. The maximum absolute atomic E-state index is 6.98. The van der Waals surface area contributed by atoms with Gasteiger partial charge in [0.25, 0.3) is 0 Å². The molecule has 0 aromatic heterocycles. The van der Waals surface area contributed by atoms with Crippen LogP contribution in [0.15, 0.2) is 12.2 Å². The molecule has 10 heavy (non-hydrogen) atoms. The van der Waals surface area contributed by atoms with Crippen LogP contribution in [0, 0.1) is 5.41 Å². The zero-order valence-corrected chi connectivity index (χ0v) is 6.61. The molecule has 0 saturated heterocycles. The molecule has 0 aliphatic carbocycles. The lowest BCUT2D eigenvalue weighted by atomic mass is 10.1. The van der Waals surface area contributed by atoms with Crippen molar-refractivity contribution in [3.63, 3.8) is 0 Å². The van der Waals surface area contributed by atoms with Gasteiger partial charge in [0.05, 0.1) is 5.84 Å². The fraction of sp³-hybridized carbons (Fsp3) is 0.625. The molecule has 58 valence electrons. The van der Waals surface area contributed by atoms with E-state index in [4.69, 9.17) is 11.1 Å². The van der Waals surface area contributed by atoms with E-state index in [1.165, 1.54) is 6.42 Å². The van der Waals surface area contributed by atoms with Crippen LogP contribution < -0.4 is 5.73 Å². The van der Waals surface area contributed by atoms with Crippen LogP contribution in [0.1, 0.15) is 32.6 Å². The molecule has 0 atom stereocenters. The Morgan fingerprint density at radius 2 is 2.20 bits per heavy atom. The topological polar surface area (TPSA) is 49.9 Å². The van der Waals surface area contributed by atoms with Crippen molar-refractivity contribution in [3.8, 4) is 0 Å². The molecule has 0 aliphatic heterocycles. The SMILES string of the molecule is C=C(CCCC)CC(=N)N. The molecule has 0 bridgehead atoms. The van der Waals surface area contributed by atoms with Crippen LogP contribution in [0.3, 0.4) is 0 Å². The molecule has 2 nitrogen and oxygen atoms in total. The molecule has 0 fully saturated rings. The smallest absolute Gasteiger partial charge is 0.0946 e. The van der Waals surface area contributed by atoms with E-state index in [0.717, 1.165) is 18.4 Å². The van der Waals surface area contributed by atoms with Crippen LogP contribution in [-0.4, -0.2) is 5.84 Å². The van der Waals surface area contributed by atoms with Gasteiger partial charge >= 0.3 is 0 Å². The van der Waals surface area contributed by atoms with Crippen LogP contribution in [0.2, 0.25) is 0 Å². The number of unbranched alkanes of at least 4 members (excludes halogenated alkanes) is 1. The standard InChI is InChI=1S/C8H16N2/c1-3-4-5-7(2)6-8(9)10/h2-6H2,1H3,(H3,9,10). The fourth-order valence-corrected chi connectivity index (χ4v) is 0.785. The highest BCUT2D eigenvalue weighted by atomic mass is 14.7. The van der Waals surface area contributed by atoms with Crippen molar-refractivity contribution in [3.05, 3.63) is 12.2 Å². The monoisotopic (exact) mass is 140 g/mol. The van der Waals surface area contributed by atoms with E-state index in [2.05, 4.69) is 13.5 Å². The van der Waals surface area contributed by atoms with Crippen LogP contribution in [0.25, 0.3) is 0 Å². The first-order valence-electron chi connectivity index (χ1n) is 3.66. The lowest BCUT2D eigenvalue weighted by Gasteiger charge is -2.01.